The van der Waals surface area contributed by atoms with Crippen LogP contribution in [0, 0.1) is 6.92 Å². The van der Waals surface area contributed by atoms with Crippen LogP contribution in [0.1, 0.15) is 78.4 Å². The van der Waals surface area contributed by atoms with Crippen LogP contribution >= 0.6 is 11.6 Å². The summed E-state index contributed by atoms with van der Waals surface area (Å²) in [6.07, 6.45) is 3.23. The molecule has 2 N–H and O–H groups in total. The van der Waals surface area contributed by atoms with Gasteiger partial charge in [0.2, 0.25) is 5.95 Å². The third-order valence-electron chi connectivity index (χ3n) is 7.59. The van der Waals surface area contributed by atoms with Crippen LogP contribution in [0.15, 0.2) is 47.5 Å². The van der Waals surface area contributed by atoms with Crippen molar-refractivity contribution in [1.82, 2.24) is 14.9 Å². The lowest BCUT2D eigenvalue weighted by Crippen LogP contribution is -2.39. The van der Waals surface area contributed by atoms with Crippen LogP contribution in [0.2, 0.25) is 5.02 Å². The van der Waals surface area contributed by atoms with Gasteiger partial charge in [-0.25, -0.2) is 13.4 Å². The average Bonchev–Trinajstić information content (AvgIpc) is 2.95. The van der Waals surface area contributed by atoms with E-state index < -0.39 is 20.7 Å². The molecule has 1 aliphatic heterocycles. The molecule has 10 nitrogen and oxygen atoms in total. The number of likely N-dealkylation sites (tertiary alicyclic amines) is 1. The summed E-state index contributed by atoms with van der Waals surface area (Å²) in [5.41, 5.74) is 2.90. The van der Waals surface area contributed by atoms with Gasteiger partial charge in [0.05, 0.1) is 40.4 Å². The Morgan fingerprint density at radius 3 is 2.37 bits per heavy atom. The Morgan fingerprint density at radius 1 is 1.07 bits per heavy atom. The number of piperidine rings is 1. The third kappa shape index (κ3) is 9.11. The number of carbonyl (C=O) groups is 1. The number of esters is 1. The van der Waals surface area contributed by atoms with Gasteiger partial charge in [-0.05, 0) is 123 Å². The monoisotopic (exact) mass is 671 g/mol. The fourth-order valence-corrected chi connectivity index (χ4v) is 6.73. The Kier molecular flexibility index (Phi) is 11.2. The molecule has 0 saturated carbocycles. The molecule has 0 atom stereocenters. The summed E-state index contributed by atoms with van der Waals surface area (Å²) >= 11 is 6.46. The first-order chi connectivity index (χ1) is 21.5. The first-order valence-electron chi connectivity index (χ1n) is 15.7. The normalized spacial score (nSPS) is 14.8. The zero-order valence-electron chi connectivity index (χ0n) is 28.0. The zero-order chi connectivity index (χ0) is 33.8. The summed E-state index contributed by atoms with van der Waals surface area (Å²) in [6, 6.07) is 10.8. The number of hydrogen-bond donors (Lipinski definition) is 2. The maximum atomic E-state index is 13.0. The number of sulfone groups is 1. The number of nitrogens with one attached hydrogen (secondary N) is 2. The third-order valence-corrected chi connectivity index (χ3v) is 10.1. The first kappa shape index (κ1) is 35.4. The Morgan fingerprint density at radius 2 is 1.74 bits per heavy atom. The van der Waals surface area contributed by atoms with Crippen LogP contribution in [0.5, 0.6) is 5.75 Å². The summed E-state index contributed by atoms with van der Waals surface area (Å²) in [5.74, 6) is 1.34. The number of anilines is 4. The predicted molar refractivity (Wildman–Crippen MR) is 184 cm³/mol. The van der Waals surface area contributed by atoms with Gasteiger partial charge in [-0.2, -0.15) is 4.98 Å². The van der Waals surface area contributed by atoms with Gasteiger partial charge >= 0.3 is 5.97 Å². The quantitative estimate of drug-likeness (QED) is 0.199. The molecule has 0 aliphatic carbocycles. The zero-order valence-corrected chi connectivity index (χ0v) is 29.6. The van der Waals surface area contributed by atoms with Crippen molar-refractivity contribution in [3.05, 3.63) is 58.7 Å². The number of ether oxygens (including phenoxy) is 2. The molecule has 3 aromatic rings. The molecule has 0 unspecified atom stereocenters. The lowest BCUT2D eigenvalue weighted by Gasteiger charge is -2.33. The second kappa shape index (κ2) is 14.6. The van der Waals surface area contributed by atoms with E-state index in [1.807, 2.05) is 40.7 Å². The Hall–Kier alpha value is -3.41. The Bertz CT molecular complexity index is 1650. The van der Waals surface area contributed by atoms with Crippen molar-refractivity contribution in [1.29, 1.82) is 0 Å². The Balaban J connectivity index is 1.55. The molecule has 250 valence electrons. The second-order valence-corrected chi connectivity index (χ2v) is 16.1. The minimum absolute atomic E-state index is 0.0745. The van der Waals surface area contributed by atoms with Crippen LogP contribution in [0.3, 0.4) is 0 Å². The Labute approximate surface area is 278 Å². The molecule has 1 fully saturated rings. The van der Waals surface area contributed by atoms with Crippen molar-refractivity contribution in [3.8, 4) is 5.75 Å². The summed E-state index contributed by atoms with van der Waals surface area (Å²) in [4.78, 5) is 23.6. The van der Waals surface area contributed by atoms with Gasteiger partial charge in [0.1, 0.15) is 16.4 Å². The van der Waals surface area contributed by atoms with E-state index in [9.17, 15) is 13.2 Å². The van der Waals surface area contributed by atoms with E-state index >= 15 is 0 Å². The summed E-state index contributed by atoms with van der Waals surface area (Å²) in [7, 11) is -3.55. The van der Waals surface area contributed by atoms with Crippen LogP contribution in [0.25, 0.3) is 0 Å². The molecule has 0 amide bonds. The van der Waals surface area contributed by atoms with Crippen molar-refractivity contribution < 1.29 is 22.7 Å². The fraction of sp³-hybridized carbons (Fsp3) is 0.500. The molecule has 1 saturated heterocycles. The minimum atomic E-state index is -3.55. The number of para-hydroxylation sites is 1. The highest BCUT2D eigenvalue weighted by molar-refractivity contribution is 7.92. The highest BCUT2D eigenvalue weighted by Crippen LogP contribution is 2.38. The molecule has 2 aromatic carbocycles. The molecule has 12 heteroatoms. The number of carbonyl (C=O) groups excluding carboxylic acids is 1. The first-order valence-corrected chi connectivity index (χ1v) is 17.6. The van der Waals surface area contributed by atoms with Crippen molar-refractivity contribution in [3.63, 3.8) is 0 Å². The molecule has 1 aliphatic rings. The second-order valence-electron chi connectivity index (χ2n) is 13.2. The fourth-order valence-electron chi connectivity index (χ4n) is 5.39. The van der Waals surface area contributed by atoms with Gasteiger partial charge in [0.15, 0.2) is 15.7 Å². The molecule has 1 aromatic heterocycles. The predicted octanol–water partition coefficient (Wildman–Crippen LogP) is 7.42. The van der Waals surface area contributed by atoms with Gasteiger partial charge in [-0.3, -0.25) is 9.69 Å². The number of aromatic nitrogens is 2. The van der Waals surface area contributed by atoms with Crippen molar-refractivity contribution in [2.24, 2.45) is 0 Å². The number of hydrogen-bond acceptors (Lipinski definition) is 10. The number of halogens is 1. The van der Waals surface area contributed by atoms with E-state index in [0.29, 0.717) is 29.6 Å². The van der Waals surface area contributed by atoms with Crippen molar-refractivity contribution in [2.75, 3.05) is 30.3 Å². The van der Waals surface area contributed by atoms with Gasteiger partial charge < -0.3 is 20.1 Å². The van der Waals surface area contributed by atoms with Crippen molar-refractivity contribution in [2.45, 2.75) is 96.0 Å². The summed E-state index contributed by atoms with van der Waals surface area (Å²) < 4.78 is 37.7. The molecular formula is C34H46ClN5O5S. The lowest BCUT2D eigenvalue weighted by molar-refractivity contribution is -0.156. The molecular weight excluding hydrogens is 626 g/mol. The van der Waals surface area contributed by atoms with Crippen LogP contribution in [0.4, 0.5) is 23.1 Å². The maximum absolute atomic E-state index is 13.0. The highest BCUT2D eigenvalue weighted by atomic mass is 35.5. The number of benzene rings is 2. The summed E-state index contributed by atoms with van der Waals surface area (Å²) in [6.45, 7) is 16.9. The van der Waals surface area contributed by atoms with Crippen LogP contribution in [-0.2, 0) is 19.4 Å². The highest BCUT2D eigenvalue weighted by Gasteiger charge is 2.27. The van der Waals surface area contributed by atoms with E-state index in [4.69, 9.17) is 21.1 Å². The van der Waals surface area contributed by atoms with Gasteiger partial charge in [0, 0.05) is 0 Å². The lowest BCUT2D eigenvalue weighted by atomic mass is 9.86. The summed E-state index contributed by atoms with van der Waals surface area (Å²) in [5, 5.41) is 6.03. The minimum Gasteiger partial charge on any atom is -0.489 e. The van der Waals surface area contributed by atoms with Gasteiger partial charge in [-0.1, -0.05) is 23.7 Å². The number of aryl methyl sites for hydroxylation is 1. The van der Waals surface area contributed by atoms with E-state index in [-0.39, 0.29) is 33.8 Å². The van der Waals surface area contributed by atoms with E-state index in [1.165, 1.54) is 11.8 Å². The van der Waals surface area contributed by atoms with Crippen LogP contribution in [-0.4, -0.2) is 65.8 Å². The van der Waals surface area contributed by atoms with E-state index in [2.05, 4.69) is 38.5 Å². The smallest absolute Gasteiger partial charge is 0.320 e. The van der Waals surface area contributed by atoms with Crippen molar-refractivity contribution >= 4 is 50.5 Å². The van der Waals surface area contributed by atoms with Crippen LogP contribution < -0.4 is 15.4 Å². The molecule has 0 spiro atoms. The SMILES string of the molecule is Cc1cc(Nc2ncc(Cl)c(Nc3ccccc3S(=O)(=O)C(C)C)n2)c(OC(C)C)cc1C1CCN(CC(=O)OC(C)(C)C)CC1. The standard InChI is InChI=1S/C34H46ClN5O5S/c1-21(2)44-29-18-25(24-13-15-40(16-14-24)20-31(41)45-34(6,7)8)23(5)17-28(29)38-33-36-19-26(35)32(39-33)37-27-11-9-10-12-30(27)46(42,43)22(3)4/h9-12,17-19,21-22,24H,13-16,20H2,1-8H3,(H2,36,37,38,39). The van der Waals surface area contributed by atoms with Gasteiger partial charge in [-0.15, -0.1) is 0 Å². The molecule has 46 heavy (non-hydrogen) atoms. The van der Waals surface area contributed by atoms with Gasteiger partial charge in [0.25, 0.3) is 0 Å². The number of nitrogens with zero attached hydrogens (tertiary/aromatic N) is 3. The maximum Gasteiger partial charge on any atom is 0.320 e. The molecule has 2 heterocycles. The average molecular weight is 672 g/mol. The van der Waals surface area contributed by atoms with E-state index in [1.54, 1.807) is 38.1 Å². The molecule has 0 bridgehead atoms. The largest absolute Gasteiger partial charge is 0.489 e. The number of rotatable bonds is 11. The molecule has 0 radical (unpaired) electrons. The topological polar surface area (TPSA) is 123 Å². The van der Waals surface area contributed by atoms with E-state index in [0.717, 1.165) is 31.5 Å². The molecule has 4 rings (SSSR count).